The minimum absolute atomic E-state index is 0.206. The molecule has 6 heteroatoms. The van der Waals surface area contributed by atoms with Crippen LogP contribution in [-0.4, -0.2) is 28.1 Å². The highest BCUT2D eigenvalue weighted by Crippen LogP contribution is 2.24. The number of aromatic nitrogens is 1. The number of hydrogen-bond donors (Lipinski definition) is 2. The lowest BCUT2D eigenvalue weighted by Crippen LogP contribution is -2.41. The zero-order valence-corrected chi connectivity index (χ0v) is 13.2. The molecule has 2 aromatic heterocycles. The standard InChI is InChI=1S/C15H20N2O3S/c1-10(2)7-15(3,19)9-16-13(18)11-8-21-14(17-11)12-5-4-6-20-12/h4-6,8,10,19H,7,9H2,1-3H3,(H,16,18). The minimum atomic E-state index is -0.913. The highest BCUT2D eigenvalue weighted by Gasteiger charge is 2.23. The predicted molar refractivity (Wildman–Crippen MR) is 82.2 cm³/mol. The van der Waals surface area contributed by atoms with Gasteiger partial charge in [-0.3, -0.25) is 4.79 Å². The second kappa shape index (κ2) is 6.41. The lowest BCUT2D eigenvalue weighted by molar-refractivity contribution is 0.0367. The first-order chi connectivity index (χ1) is 9.87. The lowest BCUT2D eigenvalue weighted by atomic mass is 9.94. The molecule has 0 aromatic carbocycles. The van der Waals surface area contributed by atoms with Gasteiger partial charge in [-0.15, -0.1) is 11.3 Å². The van der Waals surface area contributed by atoms with Crippen molar-refractivity contribution < 1.29 is 14.3 Å². The van der Waals surface area contributed by atoms with E-state index in [2.05, 4.69) is 10.3 Å². The maximum Gasteiger partial charge on any atom is 0.270 e. The third-order valence-electron chi connectivity index (χ3n) is 2.95. The number of hydrogen-bond acceptors (Lipinski definition) is 5. The van der Waals surface area contributed by atoms with E-state index in [4.69, 9.17) is 4.42 Å². The third-order valence-corrected chi connectivity index (χ3v) is 3.80. The topological polar surface area (TPSA) is 75.4 Å². The van der Waals surface area contributed by atoms with E-state index < -0.39 is 5.60 Å². The van der Waals surface area contributed by atoms with Gasteiger partial charge in [0.25, 0.3) is 5.91 Å². The van der Waals surface area contributed by atoms with Crippen molar-refractivity contribution in [3.63, 3.8) is 0 Å². The average Bonchev–Trinajstić information content (AvgIpc) is 3.04. The van der Waals surface area contributed by atoms with E-state index in [1.807, 2.05) is 13.8 Å². The van der Waals surface area contributed by atoms with Crippen LogP contribution in [0.2, 0.25) is 0 Å². The van der Waals surface area contributed by atoms with Crippen LogP contribution < -0.4 is 5.32 Å². The third kappa shape index (κ3) is 4.41. The van der Waals surface area contributed by atoms with Crippen molar-refractivity contribution in [1.29, 1.82) is 0 Å². The molecule has 0 saturated heterocycles. The van der Waals surface area contributed by atoms with Gasteiger partial charge >= 0.3 is 0 Å². The molecule has 0 aliphatic rings. The summed E-state index contributed by atoms with van der Waals surface area (Å²) in [6.45, 7) is 6.00. The Labute approximate surface area is 128 Å². The Morgan fingerprint density at radius 2 is 2.33 bits per heavy atom. The van der Waals surface area contributed by atoms with Gasteiger partial charge in [-0.2, -0.15) is 0 Å². The predicted octanol–water partition coefficient (Wildman–Crippen LogP) is 2.93. The van der Waals surface area contributed by atoms with Crippen LogP contribution >= 0.6 is 11.3 Å². The second-order valence-corrected chi connectivity index (χ2v) is 6.65. The van der Waals surface area contributed by atoms with Crippen molar-refractivity contribution in [1.82, 2.24) is 10.3 Å². The van der Waals surface area contributed by atoms with E-state index in [9.17, 15) is 9.90 Å². The Morgan fingerprint density at radius 3 is 2.95 bits per heavy atom. The normalized spacial score (nSPS) is 14.1. The fraction of sp³-hybridized carbons (Fsp3) is 0.467. The SMILES string of the molecule is CC(C)CC(C)(O)CNC(=O)c1csc(-c2ccco2)n1. The van der Waals surface area contributed by atoms with Gasteiger partial charge in [-0.25, -0.2) is 4.98 Å². The van der Waals surface area contributed by atoms with Crippen molar-refractivity contribution in [2.45, 2.75) is 32.8 Å². The first kappa shape index (κ1) is 15.7. The van der Waals surface area contributed by atoms with Crippen LogP contribution in [0.3, 0.4) is 0 Å². The second-order valence-electron chi connectivity index (χ2n) is 5.79. The monoisotopic (exact) mass is 308 g/mol. The summed E-state index contributed by atoms with van der Waals surface area (Å²) in [4.78, 5) is 16.3. The molecule has 2 N–H and O–H groups in total. The van der Waals surface area contributed by atoms with E-state index in [0.717, 1.165) is 0 Å². The van der Waals surface area contributed by atoms with Gasteiger partial charge in [0, 0.05) is 11.9 Å². The Morgan fingerprint density at radius 1 is 1.57 bits per heavy atom. The highest BCUT2D eigenvalue weighted by molar-refractivity contribution is 7.13. The summed E-state index contributed by atoms with van der Waals surface area (Å²) in [6.07, 6.45) is 2.20. The van der Waals surface area contributed by atoms with Gasteiger partial charge in [0.2, 0.25) is 0 Å². The summed E-state index contributed by atoms with van der Waals surface area (Å²) in [5.74, 6) is 0.723. The van der Waals surface area contributed by atoms with Gasteiger partial charge < -0.3 is 14.8 Å². The molecule has 21 heavy (non-hydrogen) atoms. The maximum atomic E-state index is 12.1. The summed E-state index contributed by atoms with van der Waals surface area (Å²) < 4.78 is 5.25. The average molecular weight is 308 g/mol. The quantitative estimate of drug-likeness (QED) is 0.860. The molecular formula is C15H20N2O3S. The van der Waals surface area contributed by atoms with Crippen molar-refractivity contribution in [3.05, 3.63) is 29.5 Å². The molecule has 0 aliphatic heterocycles. The Bertz CT molecular complexity index is 588. The summed E-state index contributed by atoms with van der Waals surface area (Å²) in [7, 11) is 0. The lowest BCUT2D eigenvalue weighted by Gasteiger charge is -2.25. The van der Waals surface area contributed by atoms with Gasteiger partial charge in [0.05, 0.1) is 11.9 Å². The zero-order chi connectivity index (χ0) is 15.5. The molecule has 0 bridgehead atoms. The number of carbonyl (C=O) groups is 1. The summed E-state index contributed by atoms with van der Waals surface area (Å²) in [5, 5.41) is 15.3. The summed E-state index contributed by atoms with van der Waals surface area (Å²) in [6, 6.07) is 3.58. The van der Waals surface area contributed by atoms with Crippen LogP contribution in [0.1, 0.15) is 37.7 Å². The molecule has 114 valence electrons. The Kier molecular flexibility index (Phi) is 4.80. The number of nitrogens with zero attached hydrogens (tertiary/aromatic N) is 1. The molecule has 0 fully saturated rings. The first-order valence-electron chi connectivity index (χ1n) is 6.87. The van der Waals surface area contributed by atoms with Crippen LogP contribution in [0, 0.1) is 5.92 Å². The number of rotatable bonds is 6. The van der Waals surface area contributed by atoms with Gasteiger partial charge in [0.15, 0.2) is 10.8 Å². The van der Waals surface area contributed by atoms with Crippen LogP contribution in [0.15, 0.2) is 28.2 Å². The van der Waals surface area contributed by atoms with E-state index in [-0.39, 0.29) is 12.5 Å². The molecule has 1 atom stereocenters. The van der Waals surface area contributed by atoms with Crippen molar-refractivity contribution in [2.75, 3.05) is 6.54 Å². The number of carbonyl (C=O) groups excluding carboxylic acids is 1. The van der Waals surface area contributed by atoms with Crippen molar-refractivity contribution in [3.8, 4) is 10.8 Å². The van der Waals surface area contributed by atoms with E-state index in [0.29, 0.717) is 28.8 Å². The molecule has 2 heterocycles. The fourth-order valence-corrected chi connectivity index (χ4v) is 2.97. The molecule has 0 saturated carbocycles. The zero-order valence-electron chi connectivity index (χ0n) is 12.4. The summed E-state index contributed by atoms with van der Waals surface area (Å²) in [5.41, 5.74) is -0.573. The van der Waals surface area contributed by atoms with E-state index >= 15 is 0 Å². The van der Waals surface area contributed by atoms with Crippen molar-refractivity contribution >= 4 is 17.2 Å². The molecule has 2 rings (SSSR count). The largest absolute Gasteiger partial charge is 0.462 e. The number of thiazole rings is 1. The number of amides is 1. The van der Waals surface area contributed by atoms with Gasteiger partial charge in [-0.1, -0.05) is 13.8 Å². The van der Waals surface area contributed by atoms with Crippen LogP contribution in [-0.2, 0) is 0 Å². The molecule has 2 aromatic rings. The number of aliphatic hydroxyl groups is 1. The smallest absolute Gasteiger partial charge is 0.270 e. The van der Waals surface area contributed by atoms with E-state index in [1.54, 1.807) is 30.7 Å². The van der Waals surface area contributed by atoms with Crippen LogP contribution in [0.25, 0.3) is 10.8 Å². The molecule has 0 aliphatic carbocycles. The molecular weight excluding hydrogens is 288 g/mol. The molecule has 1 amide bonds. The van der Waals surface area contributed by atoms with Crippen LogP contribution in [0.4, 0.5) is 0 Å². The Balaban J connectivity index is 1.95. The Hall–Kier alpha value is -1.66. The van der Waals surface area contributed by atoms with Crippen LogP contribution in [0.5, 0.6) is 0 Å². The first-order valence-corrected chi connectivity index (χ1v) is 7.75. The molecule has 0 spiro atoms. The number of furan rings is 1. The van der Waals surface area contributed by atoms with Gasteiger partial charge in [0.1, 0.15) is 5.69 Å². The minimum Gasteiger partial charge on any atom is -0.462 e. The van der Waals surface area contributed by atoms with Gasteiger partial charge in [-0.05, 0) is 31.4 Å². The number of nitrogens with one attached hydrogen (secondary N) is 1. The molecule has 5 nitrogen and oxygen atoms in total. The fourth-order valence-electron chi connectivity index (χ4n) is 2.20. The summed E-state index contributed by atoms with van der Waals surface area (Å²) >= 11 is 1.35. The van der Waals surface area contributed by atoms with Crippen molar-refractivity contribution in [2.24, 2.45) is 5.92 Å². The maximum absolute atomic E-state index is 12.1. The highest BCUT2D eigenvalue weighted by atomic mass is 32.1. The molecule has 1 unspecified atom stereocenters. The van der Waals surface area contributed by atoms with E-state index in [1.165, 1.54) is 11.3 Å². The molecule has 0 radical (unpaired) electrons.